The van der Waals surface area contributed by atoms with Gasteiger partial charge in [0.1, 0.15) is 0 Å². The summed E-state index contributed by atoms with van der Waals surface area (Å²) in [6, 6.07) is 10.5. The molecule has 0 aliphatic heterocycles. The fourth-order valence-electron chi connectivity index (χ4n) is 1.08. The Morgan fingerprint density at radius 2 is 1.73 bits per heavy atom. The van der Waals surface area contributed by atoms with Crippen molar-refractivity contribution < 1.29 is 0 Å². The van der Waals surface area contributed by atoms with Crippen molar-refractivity contribution in [1.29, 1.82) is 0 Å². The van der Waals surface area contributed by atoms with E-state index in [1.165, 1.54) is 5.56 Å². The average Bonchev–Trinajstić information content (AvgIpc) is 1.85. The van der Waals surface area contributed by atoms with Crippen molar-refractivity contribution in [2.24, 2.45) is 0 Å². The van der Waals surface area contributed by atoms with E-state index in [1.54, 1.807) is 0 Å². The zero-order chi connectivity index (χ0) is 8.32. The fraction of sp³-hybridized carbons (Fsp3) is 0.333. The molecule has 0 heterocycles. The standard InChI is InChI=1S/C9H13ClGe/c1-11(2,10)8-9-6-4-3-5-7-9/h3-7H,8H2,1-2H3. The summed E-state index contributed by atoms with van der Waals surface area (Å²) in [5, 5.41) is 1.11. The van der Waals surface area contributed by atoms with Crippen molar-refractivity contribution in [2.75, 3.05) is 0 Å². The summed E-state index contributed by atoms with van der Waals surface area (Å²) in [7, 11) is 6.26. The molecule has 0 amide bonds. The van der Waals surface area contributed by atoms with Crippen LogP contribution in [0.5, 0.6) is 0 Å². The van der Waals surface area contributed by atoms with Gasteiger partial charge in [0, 0.05) is 0 Å². The summed E-state index contributed by atoms with van der Waals surface area (Å²) in [4.78, 5) is 0. The fourth-order valence-corrected chi connectivity index (χ4v) is 4.41. The summed E-state index contributed by atoms with van der Waals surface area (Å²) in [6.45, 7) is 0. The van der Waals surface area contributed by atoms with E-state index in [9.17, 15) is 0 Å². The molecule has 0 bridgehead atoms. The van der Waals surface area contributed by atoms with Gasteiger partial charge in [-0.2, -0.15) is 0 Å². The van der Waals surface area contributed by atoms with Crippen LogP contribution in [0.4, 0.5) is 0 Å². The molecule has 0 nitrogen and oxygen atoms in total. The van der Waals surface area contributed by atoms with E-state index >= 15 is 0 Å². The molecule has 0 saturated carbocycles. The molecule has 11 heavy (non-hydrogen) atoms. The molecule has 0 atom stereocenters. The van der Waals surface area contributed by atoms with Gasteiger partial charge in [0.2, 0.25) is 0 Å². The molecule has 0 unspecified atom stereocenters. The summed E-state index contributed by atoms with van der Waals surface area (Å²) in [5.74, 6) is 4.43. The Balaban J connectivity index is 2.66. The Bertz CT molecular complexity index is 213. The summed E-state index contributed by atoms with van der Waals surface area (Å²) in [5.41, 5.74) is 1.38. The van der Waals surface area contributed by atoms with Crippen LogP contribution in [-0.4, -0.2) is 12.3 Å². The minimum absolute atomic E-state index is 1.11. The topological polar surface area (TPSA) is 0 Å². The van der Waals surface area contributed by atoms with Crippen LogP contribution in [0.3, 0.4) is 0 Å². The Morgan fingerprint density at radius 1 is 1.18 bits per heavy atom. The van der Waals surface area contributed by atoms with E-state index in [0.29, 0.717) is 0 Å². The molecule has 60 valence electrons. The molecule has 1 aromatic carbocycles. The van der Waals surface area contributed by atoms with E-state index in [2.05, 4.69) is 35.8 Å². The molecule has 0 radical (unpaired) electrons. The van der Waals surface area contributed by atoms with Crippen molar-refractivity contribution in [2.45, 2.75) is 16.8 Å². The third kappa shape index (κ3) is 3.83. The third-order valence-corrected chi connectivity index (χ3v) is 4.78. The number of halogens is 1. The van der Waals surface area contributed by atoms with E-state index in [1.807, 2.05) is 6.07 Å². The maximum atomic E-state index is 6.26. The molecule has 0 N–H and O–H groups in total. The van der Waals surface area contributed by atoms with E-state index < -0.39 is 12.3 Å². The predicted molar refractivity (Wildman–Crippen MR) is 53.5 cm³/mol. The second kappa shape index (κ2) is 3.64. The first-order valence-electron chi connectivity index (χ1n) is 3.81. The van der Waals surface area contributed by atoms with Crippen molar-refractivity contribution in [1.82, 2.24) is 0 Å². The molecule has 1 aromatic rings. The third-order valence-electron chi connectivity index (χ3n) is 1.47. The van der Waals surface area contributed by atoms with Gasteiger partial charge in [0.05, 0.1) is 0 Å². The first-order valence-corrected chi connectivity index (χ1v) is 12.2. The Kier molecular flexibility index (Phi) is 3.02. The van der Waals surface area contributed by atoms with Crippen molar-refractivity contribution in [3.63, 3.8) is 0 Å². The minimum atomic E-state index is -1.88. The van der Waals surface area contributed by atoms with Gasteiger partial charge >= 0.3 is 75.0 Å². The molecule has 0 aliphatic carbocycles. The molecule has 0 aliphatic rings. The van der Waals surface area contributed by atoms with Crippen molar-refractivity contribution in [3.8, 4) is 0 Å². The molecule has 0 saturated heterocycles. The van der Waals surface area contributed by atoms with E-state index in [0.717, 1.165) is 5.25 Å². The number of hydrogen-bond acceptors (Lipinski definition) is 0. The second-order valence-electron chi connectivity index (χ2n) is 3.38. The molecule has 0 aromatic heterocycles. The first-order chi connectivity index (χ1) is 5.08. The van der Waals surface area contributed by atoms with Crippen LogP contribution in [0.1, 0.15) is 5.56 Å². The maximum absolute atomic E-state index is 6.26. The van der Waals surface area contributed by atoms with Crippen LogP contribution in [0.15, 0.2) is 30.3 Å². The Morgan fingerprint density at radius 3 is 2.18 bits per heavy atom. The molecular weight excluding hydrogens is 216 g/mol. The Labute approximate surface area is 75.1 Å². The van der Waals surface area contributed by atoms with Crippen LogP contribution in [-0.2, 0) is 5.25 Å². The van der Waals surface area contributed by atoms with Gasteiger partial charge in [-0.05, 0) is 0 Å². The summed E-state index contributed by atoms with van der Waals surface area (Å²) >= 11 is -1.88. The zero-order valence-corrected chi connectivity index (χ0v) is 9.83. The van der Waals surface area contributed by atoms with Crippen molar-refractivity contribution in [3.05, 3.63) is 35.9 Å². The zero-order valence-electron chi connectivity index (χ0n) is 6.97. The van der Waals surface area contributed by atoms with Gasteiger partial charge in [-0.3, -0.25) is 0 Å². The van der Waals surface area contributed by atoms with Crippen LogP contribution in [0.2, 0.25) is 11.5 Å². The molecule has 1 rings (SSSR count). The van der Waals surface area contributed by atoms with Gasteiger partial charge in [0.15, 0.2) is 0 Å². The van der Waals surface area contributed by atoms with Gasteiger partial charge in [-0.25, -0.2) is 0 Å². The predicted octanol–water partition coefficient (Wildman–Crippen LogP) is 3.21. The van der Waals surface area contributed by atoms with Crippen LogP contribution >= 0.6 is 10.0 Å². The SMILES string of the molecule is [CH3][Ge]([CH3])([Cl])[CH2]c1ccccc1. The first kappa shape index (κ1) is 9.14. The van der Waals surface area contributed by atoms with Gasteiger partial charge in [0.25, 0.3) is 0 Å². The van der Waals surface area contributed by atoms with E-state index in [-0.39, 0.29) is 0 Å². The Hall–Kier alpha value is 0.0529. The van der Waals surface area contributed by atoms with Crippen LogP contribution in [0, 0.1) is 0 Å². The van der Waals surface area contributed by atoms with Gasteiger partial charge in [-0.1, -0.05) is 0 Å². The number of benzene rings is 1. The number of hydrogen-bond donors (Lipinski definition) is 0. The molecule has 0 fully saturated rings. The average molecular weight is 229 g/mol. The van der Waals surface area contributed by atoms with Crippen molar-refractivity contribution >= 4 is 22.3 Å². The summed E-state index contributed by atoms with van der Waals surface area (Å²) in [6.07, 6.45) is 0. The molecular formula is C9H13ClGe. The monoisotopic (exact) mass is 230 g/mol. The number of rotatable bonds is 2. The van der Waals surface area contributed by atoms with E-state index in [4.69, 9.17) is 10.0 Å². The summed E-state index contributed by atoms with van der Waals surface area (Å²) < 4.78 is 0. The van der Waals surface area contributed by atoms with Crippen LogP contribution < -0.4 is 0 Å². The van der Waals surface area contributed by atoms with Gasteiger partial charge < -0.3 is 0 Å². The molecule has 2 heteroatoms. The van der Waals surface area contributed by atoms with Gasteiger partial charge in [-0.15, -0.1) is 0 Å². The second-order valence-corrected chi connectivity index (χ2v) is 16.7. The molecule has 0 spiro atoms. The van der Waals surface area contributed by atoms with Crippen LogP contribution in [0.25, 0.3) is 0 Å². The quantitative estimate of drug-likeness (QED) is 0.683. The normalized spacial score (nSPS) is 11.5.